The van der Waals surface area contributed by atoms with E-state index >= 15 is 0 Å². The highest BCUT2D eigenvalue weighted by Crippen LogP contribution is 2.37. The Morgan fingerprint density at radius 2 is 2.25 bits per heavy atom. The molecule has 0 amide bonds. The summed E-state index contributed by atoms with van der Waals surface area (Å²) in [4.78, 5) is 0. The summed E-state index contributed by atoms with van der Waals surface area (Å²) in [6, 6.07) is 3.30. The molecule has 1 aliphatic rings. The van der Waals surface area contributed by atoms with Gasteiger partial charge in [0.15, 0.2) is 0 Å². The Morgan fingerprint density at radius 3 is 2.75 bits per heavy atom. The fraction of sp³-hybridized carbons (Fsp3) is 0.364. The smallest absolute Gasteiger partial charge is 0.208 e. The van der Waals surface area contributed by atoms with Crippen molar-refractivity contribution >= 4 is 15.9 Å². The maximum atomic E-state index is 13.6. The average molecular weight is 292 g/mol. The summed E-state index contributed by atoms with van der Waals surface area (Å²) >= 11 is 3.21. The van der Waals surface area contributed by atoms with Crippen LogP contribution in [-0.4, -0.2) is 18.0 Å². The van der Waals surface area contributed by atoms with Crippen LogP contribution in [0, 0.1) is 18.6 Å². The zero-order chi connectivity index (χ0) is 11.8. The van der Waals surface area contributed by atoms with Gasteiger partial charge >= 0.3 is 0 Å². The Morgan fingerprint density at radius 1 is 1.50 bits per heavy atom. The lowest BCUT2D eigenvalue weighted by Crippen LogP contribution is -2.31. The third-order valence-electron chi connectivity index (χ3n) is 2.38. The lowest BCUT2D eigenvalue weighted by molar-refractivity contribution is -0.154. The summed E-state index contributed by atoms with van der Waals surface area (Å²) in [5.41, 5.74) is 0.178. The number of halogens is 3. The molecule has 2 nitrogen and oxygen atoms in total. The summed E-state index contributed by atoms with van der Waals surface area (Å²) in [7, 11) is 0. The number of rotatable bonds is 2. The van der Waals surface area contributed by atoms with Crippen molar-refractivity contribution in [1.29, 1.82) is 0 Å². The molecule has 2 unspecified atom stereocenters. The topological polar surface area (TPSA) is 18.5 Å². The lowest BCUT2D eigenvalue weighted by Gasteiger charge is -2.26. The maximum absolute atomic E-state index is 13.6. The number of hydrogen-bond donors (Lipinski definition) is 0. The zero-order valence-corrected chi connectivity index (χ0v) is 9.97. The van der Waals surface area contributed by atoms with E-state index in [1.807, 2.05) is 0 Å². The van der Waals surface area contributed by atoms with Gasteiger partial charge in [-0.3, -0.25) is 0 Å². The first-order valence-electron chi connectivity index (χ1n) is 4.74. The second-order valence-corrected chi connectivity index (χ2v) is 4.12. The second kappa shape index (κ2) is 4.39. The predicted octanol–water partition coefficient (Wildman–Crippen LogP) is 2.76. The third-order valence-corrected chi connectivity index (χ3v) is 3.12. The van der Waals surface area contributed by atoms with Crippen molar-refractivity contribution < 1.29 is 18.3 Å². The SMILES string of the molecule is [CH2]C1COC(CBr)(c2ccc(F)cc2F)O1. The van der Waals surface area contributed by atoms with E-state index in [4.69, 9.17) is 9.47 Å². The van der Waals surface area contributed by atoms with Gasteiger partial charge in [-0.2, -0.15) is 0 Å². The van der Waals surface area contributed by atoms with Gasteiger partial charge in [-0.25, -0.2) is 8.78 Å². The van der Waals surface area contributed by atoms with Gasteiger partial charge in [-0.05, 0) is 19.1 Å². The van der Waals surface area contributed by atoms with Crippen LogP contribution >= 0.6 is 15.9 Å². The van der Waals surface area contributed by atoms with E-state index in [0.717, 1.165) is 6.07 Å². The van der Waals surface area contributed by atoms with Crippen molar-refractivity contribution in [3.05, 3.63) is 42.3 Å². The maximum Gasteiger partial charge on any atom is 0.208 e. The van der Waals surface area contributed by atoms with Crippen LogP contribution in [0.1, 0.15) is 5.56 Å². The van der Waals surface area contributed by atoms with Crippen LogP contribution < -0.4 is 0 Å². The van der Waals surface area contributed by atoms with Gasteiger partial charge in [-0.15, -0.1) is 0 Å². The number of hydrogen-bond acceptors (Lipinski definition) is 2. The molecule has 0 aliphatic carbocycles. The first-order valence-corrected chi connectivity index (χ1v) is 5.86. The highest BCUT2D eigenvalue weighted by molar-refractivity contribution is 9.09. The third kappa shape index (κ3) is 1.99. The van der Waals surface area contributed by atoms with E-state index < -0.39 is 17.4 Å². The molecule has 0 aromatic heterocycles. The average Bonchev–Trinajstić information content (AvgIpc) is 2.61. The van der Waals surface area contributed by atoms with E-state index in [9.17, 15) is 8.78 Å². The zero-order valence-electron chi connectivity index (χ0n) is 8.38. The molecule has 0 saturated carbocycles. The molecule has 5 heteroatoms. The summed E-state index contributed by atoms with van der Waals surface area (Å²) in [6.45, 7) is 3.97. The van der Waals surface area contributed by atoms with Crippen molar-refractivity contribution in [2.24, 2.45) is 0 Å². The molecule has 1 aromatic carbocycles. The second-order valence-electron chi connectivity index (χ2n) is 3.56. The number of ether oxygens (including phenoxy) is 2. The quantitative estimate of drug-likeness (QED) is 0.780. The Balaban J connectivity index is 2.41. The molecule has 16 heavy (non-hydrogen) atoms. The molecule has 1 heterocycles. The predicted molar refractivity (Wildman–Crippen MR) is 58.0 cm³/mol. The van der Waals surface area contributed by atoms with Crippen LogP contribution in [0.3, 0.4) is 0 Å². The first-order chi connectivity index (χ1) is 7.57. The molecule has 1 aromatic rings. The lowest BCUT2D eigenvalue weighted by atomic mass is 10.1. The normalized spacial score (nSPS) is 29.6. The Kier molecular flexibility index (Phi) is 3.28. The van der Waals surface area contributed by atoms with Crippen LogP contribution in [0.2, 0.25) is 0 Å². The summed E-state index contributed by atoms with van der Waals surface area (Å²) < 4.78 is 37.3. The van der Waals surface area contributed by atoms with Crippen LogP contribution in [-0.2, 0) is 15.3 Å². The summed E-state index contributed by atoms with van der Waals surface area (Å²) in [5, 5.41) is 0.259. The van der Waals surface area contributed by atoms with E-state index in [2.05, 4.69) is 22.9 Å². The molecule has 1 aliphatic heterocycles. The van der Waals surface area contributed by atoms with Gasteiger partial charge in [0.1, 0.15) is 11.6 Å². The van der Waals surface area contributed by atoms with E-state index in [1.165, 1.54) is 12.1 Å². The Hall–Kier alpha value is -0.520. The minimum absolute atomic E-state index is 0.178. The Labute approximate surface area is 101 Å². The largest absolute Gasteiger partial charge is 0.342 e. The standard InChI is InChI=1S/C11H10BrF2O2/c1-7-5-15-11(6-12,16-7)9-3-2-8(13)4-10(9)14/h2-4,7H,1,5-6H2. The fourth-order valence-corrected chi connectivity index (χ4v) is 2.24. The van der Waals surface area contributed by atoms with Crippen molar-refractivity contribution in [3.63, 3.8) is 0 Å². The van der Waals surface area contributed by atoms with Gasteiger partial charge in [0.05, 0.1) is 18.0 Å². The molecule has 0 bridgehead atoms. The van der Waals surface area contributed by atoms with E-state index in [-0.39, 0.29) is 23.6 Å². The molecule has 1 saturated heterocycles. The van der Waals surface area contributed by atoms with Crippen molar-refractivity contribution in [3.8, 4) is 0 Å². The fourth-order valence-electron chi connectivity index (χ4n) is 1.65. The van der Waals surface area contributed by atoms with Gasteiger partial charge in [-0.1, -0.05) is 15.9 Å². The van der Waals surface area contributed by atoms with Gasteiger partial charge in [0.2, 0.25) is 5.79 Å². The van der Waals surface area contributed by atoms with Crippen molar-refractivity contribution in [1.82, 2.24) is 0 Å². The van der Waals surface area contributed by atoms with Crippen molar-refractivity contribution in [2.45, 2.75) is 11.9 Å². The Bertz CT molecular complexity index is 400. The van der Waals surface area contributed by atoms with Crippen LogP contribution in [0.15, 0.2) is 18.2 Å². The van der Waals surface area contributed by atoms with E-state index in [1.54, 1.807) is 0 Å². The van der Waals surface area contributed by atoms with Crippen molar-refractivity contribution in [2.75, 3.05) is 11.9 Å². The number of alkyl halides is 1. The molecular weight excluding hydrogens is 282 g/mol. The van der Waals surface area contributed by atoms with Crippen LogP contribution in [0.5, 0.6) is 0 Å². The van der Waals surface area contributed by atoms with Gasteiger partial charge in [0.25, 0.3) is 0 Å². The highest BCUT2D eigenvalue weighted by atomic mass is 79.9. The summed E-state index contributed by atoms with van der Waals surface area (Å²) in [6.07, 6.45) is -0.359. The highest BCUT2D eigenvalue weighted by Gasteiger charge is 2.42. The minimum atomic E-state index is -1.20. The molecule has 1 fully saturated rings. The molecule has 1 radical (unpaired) electrons. The number of benzene rings is 1. The van der Waals surface area contributed by atoms with Gasteiger partial charge < -0.3 is 9.47 Å². The molecular formula is C11H10BrF2O2. The van der Waals surface area contributed by atoms with Crippen LogP contribution in [0.25, 0.3) is 0 Å². The molecule has 0 spiro atoms. The molecule has 0 N–H and O–H groups in total. The minimum Gasteiger partial charge on any atom is -0.342 e. The molecule has 2 rings (SSSR count). The monoisotopic (exact) mass is 291 g/mol. The van der Waals surface area contributed by atoms with Crippen LogP contribution in [0.4, 0.5) is 8.78 Å². The molecule has 2 atom stereocenters. The van der Waals surface area contributed by atoms with E-state index in [0.29, 0.717) is 0 Å². The molecule has 87 valence electrons. The first kappa shape index (κ1) is 12.0. The summed E-state index contributed by atoms with van der Waals surface area (Å²) in [5.74, 6) is -2.52. The van der Waals surface area contributed by atoms with Gasteiger partial charge in [0, 0.05) is 11.6 Å².